The van der Waals surface area contributed by atoms with Gasteiger partial charge in [-0.1, -0.05) is 12.1 Å². The van der Waals surface area contributed by atoms with E-state index in [4.69, 9.17) is 4.74 Å². The molecular weight excluding hydrogens is 375 g/mol. The molecule has 3 rings (SSSR count). The highest BCUT2D eigenvalue weighted by Gasteiger charge is 2.19. The Balaban J connectivity index is 1.85. The van der Waals surface area contributed by atoms with Crippen molar-refractivity contribution in [2.45, 2.75) is 12.5 Å². The van der Waals surface area contributed by atoms with E-state index in [-0.39, 0.29) is 23.7 Å². The minimum absolute atomic E-state index is 0.0317. The van der Waals surface area contributed by atoms with E-state index in [1.807, 2.05) is 0 Å². The molecule has 0 bridgehead atoms. The molecule has 0 spiro atoms. The fourth-order valence-corrected chi connectivity index (χ4v) is 2.91. The summed E-state index contributed by atoms with van der Waals surface area (Å²) in [6, 6.07) is 18.1. The third-order valence-corrected chi connectivity index (χ3v) is 4.49. The Morgan fingerprint density at radius 1 is 1.03 bits per heavy atom. The molecular formula is C22H19FN2O4. The second-order valence-corrected chi connectivity index (χ2v) is 6.41. The third kappa shape index (κ3) is 5.16. The average Bonchev–Trinajstić information content (AvgIpc) is 2.75. The normalized spacial score (nSPS) is 11.5. The van der Waals surface area contributed by atoms with Gasteiger partial charge in [-0.3, -0.25) is 14.9 Å². The monoisotopic (exact) mass is 394 g/mol. The van der Waals surface area contributed by atoms with E-state index in [1.165, 1.54) is 24.3 Å². The molecule has 0 aromatic heterocycles. The third-order valence-electron chi connectivity index (χ3n) is 4.49. The van der Waals surface area contributed by atoms with Crippen molar-refractivity contribution in [2.75, 3.05) is 12.4 Å². The van der Waals surface area contributed by atoms with Crippen molar-refractivity contribution in [3.05, 3.63) is 99.9 Å². The Kier molecular flexibility index (Phi) is 6.19. The molecule has 0 aliphatic heterocycles. The van der Waals surface area contributed by atoms with Gasteiger partial charge >= 0.3 is 0 Å². The zero-order chi connectivity index (χ0) is 20.8. The van der Waals surface area contributed by atoms with E-state index in [0.29, 0.717) is 22.6 Å². The van der Waals surface area contributed by atoms with Gasteiger partial charge in [-0.25, -0.2) is 4.39 Å². The Morgan fingerprint density at radius 3 is 2.21 bits per heavy atom. The first-order valence-electron chi connectivity index (χ1n) is 8.90. The zero-order valence-electron chi connectivity index (χ0n) is 15.7. The molecule has 0 saturated heterocycles. The van der Waals surface area contributed by atoms with Crippen LogP contribution < -0.4 is 10.1 Å². The van der Waals surface area contributed by atoms with Crippen LogP contribution in [0.3, 0.4) is 0 Å². The SMILES string of the molecule is COc1ccc(C(=O)CC(Nc2ccc(F)cc2)c2ccc([N+](=O)[O-])cc2)cc1. The number of carbonyl (C=O) groups is 1. The molecule has 0 heterocycles. The number of benzene rings is 3. The van der Waals surface area contributed by atoms with Crippen molar-refractivity contribution in [2.24, 2.45) is 0 Å². The van der Waals surface area contributed by atoms with Crippen LogP contribution in [0, 0.1) is 15.9 Å². The Morgan fingerprint density at radius 2 is 1.66 bits per heavy atom. The number of halogens is 1. The summed E-state index contributed by atoms with van der Waals surface area (Å²) < 4.78 is 18.3. The summed E-state index contributed by atoms with van der Waals surface area (Å²) in [5, 5.41) is 14.1. The maximum Gasteiger partial charge on any atom is 0.269 e. The van der Waals surface area contributed by atoms with Crippen molar-refractivity contribution < 1.29 is 18.8 Å². The molecule has 0 saturated carbocycles. The predicted octanol–water partition coefficient (Wildman–Crippen LogP) is 5.17. The minimum atomic E-state index is -0.477. The van der Waals surface area contributed by atoms with Crippen LogP contribution in [0.2, 0.25) is 0 Å². The predicted molar refractivity (Wildman–Crippen MR) is 108 cm³/mol. The summed E-state index contributed by atoms with van der Waals surface area (Å²) in [6.45, 7) is 0. The molecule has 3 aromatic rings. The second kappa shape index (κ2) is 8.97. The summed E-state index contributed by atoms with van der Waals surface area (Å²) in [5.74, 6) is 0.181. The van der Waals surface area contributed by atoms with E-state index in [0.717, 1.165) is 0 Å². The van der Waals surface area contributed by atoms with Crippen LogP contribution in [-0.4, -0.2) is 17.8 Å². The lowest BCUT2D eigenvalue weighted by Gasteiger charge is -2.20. The van der Waals surface area contributed by atoms with Gasteiger partial charge in [0, 0.05) is 29.8 Å². The number of methoxy groups -OCH3 is 1. The standard InChI is InChI=1S/C22H19FN2O4/c1-29-20-12-4-16(5-13-20)22(26)14-21(24-18-8-6-17(23)7-9-18)15-2-10-19(11-3-15)25(27)28/h2-13,21,24H,14H2,1H3. The number of ketones is 1. The molecule has 148 valence electrons. The number of non-ortho nitro benzene ring substituents is 1. The van der Waals surface area contributed by atoms with E-state index < -0.39 is 11.0 Å². The van der Waals surface area contributed by atoms with Crippen molar-refractivity contribution >= 4 is 17.2 Å². The molecule has 6 nitrogen and oxygen atoms in total. The summed E-state index contributed by atoms with van der Waals surface area (Å²) in [5.41, 5.74) is 1.84. The molecule has 0 aliphatic rings. The van der Waals surface area contributed by atoms with Gasteiger partial charge in [0.15, 0.2) is 5.78 Å². The van der Waals surface area contributed by atoms with Crippen molar-refractivity contribution in [3.63, 3.8) is 0 Å². The van der Waals surface area contributed by atoms with Crippen LogP contribution in [-0.2, 0) is 0 Å². The summed E-state index contributed by atoms with van der Waals surface area (Å²) in [6.07, 6.45) is 0.113. The van der Waals surface area contributed by atoms with E-state index in [2.05, 4.69) is 5.32 Å². The number of anilines is 1. The summed E-state index contributed by atoms with van der Waals surface area (Å²) in [7, 11) is 1.55. The molecule has 7 heteroatoms. The highest BCUT2D eigenvalue weighted by molar-refractivity contribution is 5.96. The number of hydrogen-bond acceptors (Lipinski definition) is 5. The van der Waals surface area contributed by atoms with Crippen molar-refractivity contribution in [1.82, 2.24) is 0 Å². The lowest BCUT2D eigenvalue weighted by molar-refractivity contribution is -0.384. The molecule has 1 atom stereocenters. The second-order valence-electron chi connectivity index (χ2n) is 6.41. The summed E-state index contributed by atoms with van der Waals surface area (Å²) in [4.78, 5) is 23.2. The molecule has 0 radical (unpaired) electrons. The molecule has 0 fully saturated rings. The number of carbonyl (C=O) groups excluding carboxylic acids is 1. The van der Waals surface area contributed by atoms with E-state index in [1.54, 1.807) is 55.6 Å². The molecule has 0 amide bonds. The minimum Gasteiger partial charge on any atom is -0.497 e. The first-order chi connectivity index (χ1) is 14.0. The van der Waals surface area contributed by atoms with Crippen molar-refractivity contribution in [3.8, 4) is 5.75 Å². The maximum absolute atomic E-state index is 13.2. The number of nitrogens with zero attached hydrogens (tertiary/aromatic N) is 1. The first-order valence-corrected chi connectivity index (χ1v) is 8.90. The van der Waals surface area contributed by atoms with Gasteiger partial charge in [0.1, 0.15) is 11.6 Å². The van der Waals surface area contributed by atoms with E-state index in [9.17, 15) is 19.3 Å². The highest BCUT2D eigenvalue weighted by Crippen LogP contribution is 2.27. The smallest absolute Gasteiger partial charge is 0.269 e. The van der Waals surface area contributed by atoms with Gasteiger partial charge in [-0.15, -0.1) is 0 Å². The van der Waals surface area contributed by atoms with Crippen LogP contribution in [0.25, 0.3) is 0 Å². The van der Waals surface area contributed by atoms with Gasteiger partial charge in [-0.2, -0.15) is 0 Å². The topological polar surface area (TPSA) is 81.5 Å². The molecule has 1 N–H and O–H groups in total. The zero-order valence-corrected chi connectivity index (χ0v) is 15.7. The Labute approximate surface area is 167 Å². The van der Waals surface area contributed by atoms with Gasteiger partial charge in [-0.05, 0) is 54.1 Å². The number of rotatable bonds is 8. The van der Waals surface area contributed by atoms with Gasteiger partial charge in [0.25, 0.3) is 5.69 Å². The number of nitro benzene ring substituents is 1. The van der Waals surface area contributed by atoms with Crippen LogP contribution in [0.4, 0.5) is 15.8 Å². The van der Waals surface area contributed by atoms with Crippen LogP contribution in [0.15, 0.2) is 72.8 Å². The number of hydrogen-bond donors (Lipinski definition) is 1. The fraction of sp³-hybridized carbons (Fsp3) is 0.136. The van der Waals surface area contributed by atoms with Gasteiger partial charge in [0.05, 0.1) is 18.1 Å². The molecule has 3 aromatic carbocycles. The summed E-state index contributed by atoms with van der Waals surface area (Å²) >= 11 is 0. The molecule has 1 unspecified atom stereocenters. The quantitative estimate of drug-likeness (QED) is 0.324. The Bertz CT molecular complexity index is 987. The van der Waals surface area contributed by atoms with E-state index >= 15 is 0 Å². The maximum atomic E-state index is 13.2. The lowest BCUT2D eigenvalue weighted by atomic mass is 9.97. The number of nitrogens with one attached hydrogen (secondary N) is 1. The van der Waals surface area contributed by atoms with Crippen LogP contribution >= 0.6 is 0 Å². The first kappa shape index (κ1) is 20.0. The number of ether oxygens (including phenoxy) is 1. The molecule has 0 aliphatic carbocycles. The van der Waals surface area contributed by atoms with Crippen LogP contribution in [0.5, 0.6) is 5.75 Å². The lowest BCUT2D eigenvalue weighted by Crippen LogP contribution is -2.16. The largest absolute Gasteiger partial charge is 0.497 e. The Hall–Kier alpha value is -3.74. The highest BCUT2D eigenvalue weighted by atomic mass is 19.1. The molecule has 29 heavy (non-hydrogen) atoms. The number of Topliss-reactive ketones (excluding diaryl/α,β-unsaturated/α-hetero) is 1. The average molecular weight is 394 g/mol. The van der Waals surface area contributed by atoms with Crippen LogP contribution in [0.1, 0.15) is 28.4 Å². The fourth-order valence-electron chi connectivity index (χ4n) is 2.91. The van der Waals surface area contributed by atoms with Gasteiger partial charge in [0.2, 0.25) is 0 Å². The number of nitro groups is 1. The van der Waals surface area contributed by atoms with Crippen molar-refractivity contribution in [1.29, 1.82) is 0 Å². The van der Waals surface area contributed by atoms with Gasteiger partial charge < -0.3 is 10.1 Å².